The minimum absolute atomic E-state index is 0.0348. The zero-order valence-corrected chi connectivity index (χ0v) is 16.3. The Labute approximate surface area is 172 Å². The van der Waals surface area contributed by atoms with Gasteiger partial charge in [0.15, 0.2) is 11.5 Å². The number of hydrogen-bond donors (Lipinski definition) is 3. The highest BCUT2D eigenvalue weighted by Crippen LogP contribution is 2.31. The lowest BCUT2D eigenvalue weighted by atomic mass is 10.1. The number of rotatable bonds is 4. The van der Waals surface area contributed by atoms with Crippen molar-refractivity contribution in [3.8, 4) is 11.3 Å². The predicted octanol–water partition coefficient (Wildman–Crippen LogP) is 2.64. The van der Waals surface area contributed by atoms with Crippen molar-refractivity contribution in [3.05, 3.63) is 76.9 Å². The van der Waals surface area contributed by atoms with E-state index in [0.717, 1.165) is 18.4 Å². The van der Waals surface area contributed by atoms with Gasteiger partial charge in [0.25, 0.3) is 11.8 Å². The molecular formula is C22H20FN5O2. The molecule has 1 aliphatic carbocycles. The van der Waals surface area contributed by atoms with Crippen molar-refractivity contribution in [1.82, 2.24) is 20.6 Å². The molecule has 1 unspecified atom stereocenters. The number of aromatic nitrogens is 2. The van der Waals surface area contributed by atoms with E-state index in [1.807, 2.05) is 24.3 Å². The summed E-state index contributed by atoms with van der Waals surface area (Å²) in [4.78, 5) is 32.9. The number of nitrogen functional groups attached to an aromatic ring is 1. The maximum atomic E-state index is 14.3. The third-order valence-corrected chi connectivity index (χ3v) is 5.14. The second-order valence-electron chi connectivity index (χ2n) is 7.06. The number of nitrogens with one attached hydrogen (secondary N) is 2. The Morgan fingerprint density at radius 2 is 1.97 bits per heavy atom. The Morgan fingerprint density at radius 1 is 1.17 bits per heavy atom. The van der Waals surface area contributed by atoms with Crippen molar-refractivity contribution >= 4 is 17.6 Å². The first-order chi connectivity index (χ1) is 14.5. The molecule has 0 fully saturated rings. The van der Waals surface area contributed by atoms with Crippen LogP contribution in [0.4, 0.5) is 10.2 Å². The Kier molecular flexibility index (Phi) is 5.14. The molecule has 1 heterocycles. The van der Waals surface area contributed by atoms with E-state index in [4.69, 9.17) is 5.73 Å². The van der Waals surface area contributed by atoms with E-state index in [1.54, 1.807) is 0 Å². The maximum Gasteiger partial charge on any atom is 0.273 e. The Bertz CT molecular complexity index is 1150. The lowest BCUT2D eigenvalue weighted by molar-refractivity contribution is 0.0933. The van der Waals surface area contributed by atoms with Crippen LogP contribution in [0.15, 0.2) is 48.7 Å². The molecule has 0 saturated carbocycles. The number of amides is 2. The number of nitrogens with zero attached hydrogens (tertiary/aromatic N) is 2. The van der Waals surface area contributed by atoms with Crippen LogP contribution in [0.2, 0.25) is 0 Å². The van der Waals surface area contributed by atoms with Crippen LogP contribution >= 0.6 is 0 Å². The number of hydrogen-bond acceptors (Lipinski definition) is 5. The average Bonchev–Trinajstić information content (AvgIpc) is 3.16. The van der Waals surface area contributed by atoms with Gasteiger partial charge in [0.05, 0.1) is 17.9 Å². The number of benzene rings is 2. The molecule has 7 nitrogen and oxygen atoms in total. The predicted molar refractivity (Wildman–Crippen MR) is 110 cm³/mol. The van der Waals surface area contributed by atoms with Crippen molar-refractivity contribution in [1.29, 1.82) is 0 Å². The molecule has 0 radical (unpaired) electrons. The van der Waals surface area contributed by atoms with Gasteiger partial charge in [-0.1, -0.05) is 24.3 Å². The monoisotopic (exact) mass is 405 g/mol. The van der Waals surface area contributed by atoms with Crippen molar-refractivity contribution < 1.29 is 14.0 Å². The van der Waals surface area contributed by atoms with Gasteiger partial charge in [-0.2, -0.15) is 0 Å². The second-order valence-corrected chi connectivity index (χ2v) is 7.06. The highest BCUT2D eigenvalue weighted by Gasteiger charge is 2.24. The van der Waals surface area contributed by atoms with Crippen LogP contribution in [0.3, 0.4) is 0 Å². The summed E-state index contributed by atoms with van der Waals surface area (Å²) in [6.07, 6.45) is 3.02. The third-order valence-electron chi connectivity index (χ3n) is 5.14. The molecule has 2 aromatic carbocycles. The number of anilines is 1. The fraction of sp³-hybridized carbons (Fsp3) is 0.182. The summed E-state index contributed by atoms with van der Waals surface area (Å²) >= 11 is 0. The fourth-order valence-electron chi connectivity index (χ4n) is 3.64. The molecule has 4 N–H and O–H groups in total. The largest absolute Gasteiger partial charge is 0.382 e. The molecule has 1 atom stereocenters. The van der Waals surface area contributed by atoms with Gasteiger partial charge in [-0.15, -0.1) is 0 Å². The number of nitrogens with two attached hydrogens (primary N) is 1. The van der Waals surface area contributed by atoms with Gasteiger partial charge >= 0.3 is 0 Å². The lowest BCUT2D eigenvalue weighted by Crippen LogP contribution is -2.27. The van der Waals surface area contributed by atoms with Crippen molar-refractivity contribution in [2.75, 3.05) is 12.8 Å². The maximum absolute atomic E-state index is 14.3. The SMILES string of the molecule is CNC(=O)c1nc(-c2cc(F)cc(C(=O)NC3CCc4ccccc43)c2)cnc1N. The van der Waals surface area contributed by atoms with E-state index >= 15 is 0 Å². The first kappa shape index (κ1) is 19.5. The molecule has 152 valence electrons. The number of halogens is 1. The van der Waals surface area contributed by atoms with E-state index in [1.165, 1.54) is 37.0 Å². The second kappa shape index (κ2) is 7.90. The first-order valence-corrected chi connectivity index (χ1v) is 9.50. The van der Waals surface area contributed by atoms with Gasteiger partial charge in [0.2, 0.25) is 0 Å². The van der Waals surface area contributed by atoms with Gasteiger partial charge in [-0.25, -0.2) is 14.4 Å². The highest BCUT2D eigenvalue weighted by atomic mass is 19.1. The van der Waals surface area contributed by atoms with E-state index in [2.05, 4.69) is 20.6 Å². The topological polar surface area (TPSA) is 110 Å². The molecule has 1 aliphatic rings. The highest BCUT2D eigenvalue weighted by molar-refractivity contribution is 5.97. The van der Waals surface area contributed by atoms with Gasteiger partial charge in [-0.05, 0) is 42.2 Å². The fourth-order valence-corrected chi connectivity index (χ4v) is 3.64. The smallest absolute Gasteiger partial charge is 0.273 e. The molecule has 3 aromatic rings. The zero-order chi connectivity index (χ0) is 21.3. The summed E-state index contributed by atoms with van der Waals surface area (Å²) in [5, 5.41) is 5.41. The zero-order valence-electron chi connectivity index (χ0n) is 16.3. The summed E-state index contributed by atoms with van der Waals surface area (Å²) in [5.41, 5.74) is 8.67. The van der Waals surface area contributed by atoms with Gasteiger partial charge in [0.1, 0.15) is 5.82 Å². The van der Waals surface area contributed by atoms with Crippen LogP contribution in [-0.4, -0.2) is 28.8 Å². The Morgan fingerprint density at radius 3 is 2.77 bits per heavy atom. The van der Waals surface area contributed by atoms with Gasteiger partial charge in [-0.3, -0.25) is 9.59 Å². The number of carbonyl (C=O) groups is 2. The quantitative estimate of drug-likeness (QED) is 0.618. The van der Waals surface area contributed by atoms with E-state index in [-0.39, 0.29) is 34.7 Å². The first-order valence-electron chi connectivity index (χ1n) is 9.50. The average molecular weight is 405 g/mol. The van der Waals surface area contributed by atoms with Crippen molar-refractivity contribution in [2.24, 2.45) is 0 Å². The summed E-state index contributed by atoms with van der Waals surface area (Å²) in [6.45, 7) is 0. The Balaban J connectivity index is 1.63. The standard InChI is InChI=1S/C22H20FN5O2/c1-25-22(30)19-20(24)26-11-18(27-19)13-8-14(10-15(23)9-13)21(29)28-17-7-6-12-4-2-3-5-16(12)17/h2-5,8-11,17H,6-7H2,1H3,(H2,24,26)(H,25,30)(H,28,29). The molecular weight excluding hydrogens is 385 g/mol. The van der Waals surface area contributed by atoms with Crippen LogP contribution in [-0.2, 0) is 6.42 Å². The molecule has 0 saturated heterocycles. The number of fused-ring (bicyclic) bond motifs is 1. The van der Waals surface area contributed by atoms with Crippen LogP contribution in [0.25, 0.3) is 11.3 Å². The molecule has 4 rings (SSSR count). The van der Waals surface area contributed by atoms with Gasteiger partial charge in [0, 0.05) is 18.2 Å². The lowest BCUT2D eigenvalue weighted by Gasteiger charge is -2.15. The molecule has 0 spiro atoms. The minimum Gasteiger partial charge on any atom is -0.382 e. The summed E-state index contributed by atoms with van der Waals surface area (Å²) in [6, 6.07) is 11.8. The molecule has 30 heavy (non-hydrogen) atoms. The Hall–Kier alpha value is -3.81. The van der Waals surface area contributed by atoms with E-state index < -0.39 is 11.7 Å². The summed E-state index contributed by atoms with van der Waals surface area (Å²) in [5.74, 6) is -1.51. The molecule has 0 bridgehead atoms. The van der Waals surface area contributed by atoms with Crippen molar-refractivity contribution in [2.45, 2.75) is 18.9 Å². The summed E-state index contributed by atoms with van der Waals surface area (Å²) < 4.78 is 14.3. The van der Waals surface area contributed by atoms with Crippen LogP contribution in [0, 0.1) is 5.82 Å². The molecule has 1 aromatic heterocycles. The van der Waals surface area contributed by atoms with Crippen LogP contribution in [0.1, 0.15) is 44.4 Å². The third kappa shape index (κ3) is 3.71. The van der Waals surface area contributed by atoms with Crippen LogP contribution < -0.4 is 16.4 Å². The van der Waals surface area contributed by atoms with Crippen molar-refractivity contribution in [3.63, 3.8) is 0 Å². The van der Waals surface area contributed by atoms with Gasteiger partial charge < -0.3 is 16.4 Å². The number of aryl methyl sites for hydroxylation is 1. The molecule has 0 aliphatic heterocycles. The van der Waals surface area contributed by atoms with Crippen LogP contribution in [0.5, 0.6) is 0 Å². The summed E-state index contributed by atoms with van der Waals surface area (Å²) in [7, 11) is 1.45. The molecule has 2 amide bonds. The normalized spacial score (nSPS) is 14.8. The number of carbonyl (C=O) groups excluding carboxylic acids is 2. The van der Waals surface area contributed by atoms with E-state index in [0.29, 0.717) is 5.56 Å². The minimum atomic E-state index is -0.593. The molecule has 8 heteroatoms. The van der Waals surface area contributed by atoms with E-state index in [9.17, 15) is 14.0 Å².